The van der Waals surface area contributed by atoms with E-state index in [2.05, 4.69) is 23.9 Å². The molecule has 0 aliphatic carbocycles. The van der Waals surface area contributed by atoms with Gasteiger partial charge >= 0.3 is 0 Å². The van der Waals surface area contributed by atoms with Crippen LogP contribution in [0, 0.1) is 11.7 Å². The maximum Gasteiger partial charge on any atom is 0.261 e. The second-order valence-corrected chi connectivity index (χ2v) is 12.3. The summed E-state index contributed by atoms with van der Waals surface area (Å²) in [7, 11) is -3.93. The van der Waals surface area contributed by atoms with E-state index in [1.807, 2.05) is 60.7 Å². The number of sulfonamides is 1. The topological polar surface area (TPSA) is 105 Å². The molecule has 4 aromatic carbocycles. The fourth-order valence-electron chi connectivity index (χ4n) is 4.47. The number of nitrogens with one attached hydrogen (secondary N) is 2. The molecule has 0 heterocycles. The number of nitrogens with zero attached hydrogens (tertiary/aromatic N) is 1. The Balaban J connectivity index is 1.52. The van der Waals surface area contributed by atoms with Gasteiger partial charge in [-0.2, -0.15) is 0 Å². The number of halogens is 1. The van der Waals surface area contributed by atoms with Crippen LogP contribution in [0.5, 0.6) is 5.75 Å². The number of rotatable bonds is 14. The van der Waals surface area contributed by atoms with Crippen molar-refractivity contribution >= 4 is 27.5 Å². The van der Waals surface area contributed by atoms with E-state index >= 15 is 0 Å². The summed E-state index contributed by atoms with van der Waals surface area (Å²) >= 11 is 0. The summed E-state index contributed by atoms with van der Waals surface area (Å²) in [5.41, 5.74) is 1.74. The van der Waals surface area contributed by atoms with Crippen LogP contribution in [0.3, 0.4) is 0 Å². The van der Waals surface area contributed by atoms with Crippen molar-refractivity contribution in [2.24, 2.45) is 5.92 Å². The third kappa shape index (κ3) is 9.15. The fraction of sp³-hybridized carbons (Fsp3) is 0.235. The lowest BCUT2D eigenvalue weighted by molar-refractivity contribution is -0.143. The third-order valence-electron chi connectivity index (χ3n) is 6.81. The summed E-state index contributed by atoms with van der Waals surface area (Å²) in [5, 5.41) is 2.99. The minimum atomic E-state index is -3.93. The Kier molecular flexibility index (Phi) is 11.1. The van der Waals surface area contributed by atoms with Gasteiger partial charge in [0.1, 0.15) is 17.6 Å². The molecule has 0 radical (unpaired) electrons. The molecule has 230 valence electrons. The maximum atomic E-state index is 13.8. The van der Waals surface area contributed by atoms with Crippen LogP contribution in [-0.2, 0) is 26.2 Å². The number of amides is 2. The van der Waals surface area contributed by atoms with E-state index in [0.717, 1.165) is 24.1 Å². The van der Waals surface area contributed by atoms with Crippen molar-refractivity contribution in [3.05, 3.63) is 126 Å². The maximum absolute atomic E-state index is 13.8. The van der Waals surface area contributed by atoms with Crippen LogP contribution in [0.4, 0.5) is 10.1 Å². The first kappa shape index (κ1) is 32.2. The average Bonchev–Trinajstić information content (AvgIpc) is 3.01. The highest BCUT2D eigenvalue weighted by molar-refractivity contribution is 7.92. The first-order valence-electron chi connectivity index (χ1n) is 14.3. The molecule has 10 heteroatoms. The molecule has 0 fully saturated rings. The van der Waals surface area contributed by atoms with Crippen molar-refractivity contribution < 1.29 is 27.1 Å². The number of benzene rings is 4. The zero-order chi connectivity index (χ0) is 31.5. The quantitative estimate of drug-likeness (QED) is 0.182. The third-order valence-corrected chi connectivity index (χ3v) is 8.20. The van der Waals surface area contributed by atoms with Crippen molar-refractivity contribution in [1.29, 1.82) is 0 Å². The Morgan fingerprint density at radius 1 is 0.841 bits per heavy atom. The van der Waals surface area contributed by atoms with Gasteiger partial charge in [-0.05, 0) is 72.0 Å². The van der Waals surface area contributed by atoms with E-state index in [-0.39, 0.29) is 35.4 Å². The summed E-state index contributed by atoms with van der Waals surface area (Å²) in [6, 6.07) is 28.2. The van der Waals surface area contributed by atoms with E-state index in [9.17, 15) is 22.4 Å². The van der Waals surface area contributed by atoms with Crippen LogP contribution in [-0.4, -0.2) is 38.3 Å². The fourth-order valence-corrected chi connectivity index (χ4v) is 5.53. The number of hydrogen-bond donors (Lipinski definition) is 2. The normalized spacial score (nSPS) is 11.9. The first-order valence-corrected chi connectivity index (χ1v) is 15.8. The van der Waals surface area contributed by atoms with Gasteiger partial charge < -0.3 is 15.0 Å². The molecule has 1 unspecified atom stereocenters. The number of carbonyl (C=O) groups is 2. The van der Waals surface area contributed by atoms with Crippen LogP contribution in [0.1, 0.15) is 37.4 Å². The summed E-state index contributed by atoms with van der Waals surface area (Å²) in [6.45, 7) is 4.43. The van der Waals surface area contributed by atoms with Gasteiger partial charge in [-0.15, -0.1) is 0 Å². The number of ether oxygens (including phenoxy) is 1. The molecule has 2 amide bonds. The molecule has 4 aromatic rings. The molecule has 0 aliphatic rings. The van der Waals surface area contributed by atoms with Gasteiger partial charge in [0.05, 0.1) is 4.90 Å². The molecule has 2 N–H and O–H groups in total. The standard InChI is InChI=1S/C34H36FN3O5S/c1-25(2)21-22-36-34(40)33(27-11-7-4-8-12-27)38(23-26-9-5-3-6-10-26)32(39)24-43-30-17-19-31(20-18-30)44(41,42)37-29-15-13-28(35)14-16-29/h3-20,25,33,37H,21-24H2,1-2H3,(H,36,40). The second kappa shape index (κ2) is 15.2. The van der Waals surface area contributed by atoms with Crippen molar-refractivity contribution in [3.63, 3.8) is 0 Å². The highest BCUT2D eigenvalue weighted by Gasteiger charge is 2.31. The molecular formula is C34H36FN3O5S. The number of hydrogen-bond acceptors (Lipinski definition) is 5. The van der Waals surface area contributed by atoms with Gasteiger partial charge in [0.25, 0.3) is 15.9 Å². The highest BCUT2D eigenvalue weighted by atomic mass is 32.2. The van der Waals surface area contributed by atoms with E-state index in [1.54, 1.807) is 0 Å². The van der Waals surface area contributed by atoms with Crippen molar-refractivity contribution in [1.82, 2.24) is 10.2 Å². The van der Waals surface area contributed by atoms with Gasteiger partial charge in [-0.25, -0.2) is 12.8 Å². The zero-order valence-corrected chi connectivity index (χ0v) is 25.5. The minimum absolute atomic E-state index is 0.0339. The summed E-state index contributed by atoms with van der Waals surface area (Å²) in [4.78, 5) is 28.8. The number of anilines is 1. The molecule has 0 saturated heterocycles. The smallest absolute Gasteiger partial charge is 0.261 e. The molecular weight excluding hydrogens is 581 g/mol. The van der Waals surface area contributed by atoms with Gasteiger partial charge in [0, 0.05) is 18.8 Å². The van der Waals surface area contributed by atoms with Crippen LogP contribution in [0.15, 0.2) is 114 Å². The van der Waals surface area contributed by atoms with E-state index in [0.29, 0.717) is 18.0 Å². The summed E-state index contributed by atoms with van der Waals surface area (Å²) in [5.74, 6) is -0.508. The van der Waals surface area contributed by atoms with Crippen LogP contribution < -0.4 is 14.8 Å². The predicted octanol–water partition coefficient (Wildman–Crippen LogP) is 5.94. The van der Waals surface area contributed by atoms with Crippen LogP contribution in [0.25, 0.3) is 0 Å². The zero-order valence-electron chi connectivity index (χ0n) is 24.7. The number of carbonyl (C=O) groups excluding carboxylic acids is 2. The molecule has 0 spiro atoms. The monoisotopic (exact) mass is 617 g/mol. The van der Waals surface area contributed by atoms with Crippen molar-refractivity contribution in [3.8, 4) is 5.75 Å². The lowest BCUT2D eigenvalue weighted by Crippen LogP contribution is -2.45. The van der Waals surface area contributed by atoms with Gasteiger partial charge in [-0.3, -0.25) is 14.3 Å². The molecule has 0 aromatic heterocycles. The molecule has 0 saturated carbocycles. The average molecular weight is 618 g/mol. The van der Waals surface area contributed by atoms with Gasteiger partial charge in [-0.1, -0.05) is 74.5 Å². The van der Waals surface area contributed by atoms with E-state index in [1.165, 1.54) is 41.3 Å². The van der Waals surface area contributed by atoms with Crippen molar-refractivity contribution in [2.75, 3.05) is 17.9 Å². The van der Waals surface area contributed by atoms with Crippen LogP contribution in [0.2, 0.25) is 0 Å². The van der Waals surface area contributed by atoms with E-state index in [4.69, 9.17) is 4.74 Å². The van der Waals surface area contributed by atoms with Gasteiger partial charge in [0.15, 0.2) is 6.61 Å². The van der Waals surface area contributed by atoms with Crippen molar-refractivity contribution in [2.45, 2.75) is 37.8 Å². The molecule has 0 bridgehead atoms. The molecule has 44 heavy (non-hydrogen) atoms. The Bertz CT molecular complexity index is 1620. The first-order chi connectivity index (χ1) is 21.1. The minimum Gasteiger partial charge on any atom is -0.484 e. The Morgan fingerprint density at radius 2 is 1.45 bits per heavy atom. The summed E-state index contributed by atoms with van der Waals surface area (Å²) in [6.07, 6.45) is 0.800. The SMILES string of the molecule is CC(C)CCNC(=O)C(c1ccccc1)N(Cc1ccccc1)C(=O)COc1ccc(S(=O)(=O)Nc2ccc(F)cc2)cc1. The second-order valence-electron chi connectivity index (χ2n) is 10.7. The van der Waals surface area contributed by atoms with E-state index < -0.39 is 27.8 Å². The Hall–Kier alpha value is -4.70. The lowest BCUT2D eigenvalue weighted by Gasteiger charge is -2.31. The van der Waals surface area contributed by atoms with Gasteiger partial charge in [0.2, 0.25) is 5.91 Å². The largest absolute Gasteiger partial charge is 0.484 e. The molecule has 0 aliphatic heterocycles. The highest BCUT2D eigenvalue weighted by Crippen LogP contribution is 2.25. The summed E-state index contributed by atoms with van der Waals surface area (Å²) < 4.78 is 46.9. The predicted molar refractivity (Wildman–Crippen MR) is 168 cm³/mol. The van der Waals surface area contributed by atoms with Crippen LogP contribution >= 0.6 is 0 Å². The molecule has 4 rings (SSSR count). The molecule has 8 nitrogen and oxygen atoms in total. The Morgan fingerprint density at radius 3 is 2.07 bits per heavy atom. The lowest BCUT2D eigenvalue weighted by atomic mass is 10.0. The Labute approximate surface area is 257 Å². The molecule has 1 atom stereocenters.